The number of unbranched alkanes of at least 4 members (excludes halogenated alkanes) is 1. The Hall–Kier alpha value is -1.93. The van der Waals surface area contributed by atoms with Gasteiger partial charge in [0, 0.05) is 18.6 Å². The third-order valence-electron chi connectivity index (χ3n) is 3.42. The number of hydrogen-bond acceptors (Lipinski definition) is 5. The van der Waals surface area contributed by atoms with Crippen LogP contribution in [0.4, 0.5) is 0 Å². The summed E-state index contributed by atoms with van der Waals surface area (Å²) in [6, 6.07) is 7.16. The average molecular weight is 371 g/mol. The predicted molar refractivity (Wildman–Crippen MR) is 92.4 cm³/mol. The van der Waals surface area contributed by atoms with Gasteiger partial charge in [-0.05, 0) is 31.9 Å². The van der Waals surface area contributed by atoms with Crippen molar-refractivity contribution in [2.45, 2.75) is 19.8 Å². The van der Waals surface area contributed by atoms with E-state index in [2.05, 4.69) is 15.6 Å². The van der Waals surface area contributed by atoms with Crippen LogP contribution in [0, 0.1) is 6.92 Å². The fourth-order valence-electron chi connectivity index (χ4n) is 2.17. The van der Waals surface area contributed by atoms with Gasteiger partial charge in [0.15, 0.2) is 5.69 Å². The van der Waals surface area contributed by atoms with Crippen molar-refractivity contribution in [2.75, 3.05) is 18.6 Å². The number of nitrogens with zero attached hydrogens (tertiary/aromatic N) is 3. The number of rotatable bonds is 7. The van der Waals surface area contributed by atoms with Crippen LogP contribution in [0.15, 0.2) is 24.3 Å². The molecule has 2 aromatic rings. The molecule has 2 rings (SSSR count). The van der Waals surface area contributed by atoms with Gasteiger partial charge in [0.1, 0.15) is 9.84 Å². The molecule has 0 fully saturated rings. The first-order valence-corrected chi connectivity index (χ1v) is 9.86. The van der Waals surface area contributed by atoms with Gasteiger partial charge in [-0.2, -0.15) is 0 Å². The van der Waals surface area contributed by atoms with E-state index in [9.17, 15) is 13.2 Å². The van der Waals surface area contributed by atoms with Gasteiger partial charge >= 0.3 is 0 Å². The summed E-state index contributed by atoms with van der Waals surface area (Å²) in [5.74, 6) is -0.227. The number of carbonyl (C=O) groups is 1. The molecule has 0 atom stereocenters. The van der Waals surface area contributed by atoms with Crippen LogP contribution >= 0.6 is 11.6 Å². The minimum atomic E-state index is -2.97. The van der Waals surface area contributed by atoms with Gasteiger partial charge in [-0.1, -0.05) is 28.9 Å². The van der Waals surface area contributed by atoms with Crippen LogP contribution in [0.25, 0.3) is 5.69 Å². The molecule has 1 N–H and O–H groups in total. The highest BCUT2D eigenvalue weighted by Crippen LogP contribution is 2.21. The molecule has 0 aliphatic carbocycles. The first-order chi connectivity index (χ1) is 11.3. The highest BCUT2D eigenvalue weighted by Gasteiger charge is 2.18. The van der Waals surface area contributed by atoms with Crippen molar-refractivity contribution in [3.63, 3.8) is 0 Å². The van der Waals surface area contributed by atoms with Gasteiger partial charge in [0.05, 0.1) is 16.4 Å². The Bertz CT molecular complexity index is 833. The van der Waals surface area contributed by atoms with Gasteiger partial charge < -0.3 is 5.32 Å². The Balaban J connectivity index is 1.98. The summed E-state index contributed by atoms with van der Waals surface area (Å²) in [5, 5.41) is 11.1. The van der Waals surface area contributed by atoms with Crippen molar-refractivity contribution < 1.29 is 13.2 Å². The van der Waals surface area contributed by atoms with Crippen LogP contribution in [0.1, 0.15) is 29.0 Å². The first-order valence-electron chi connectivity index (χ1n) is 7.43. The molecule has 0 saturated carbocycles. The number of nitrogens with one attached hydrogen (secondary N) is 1. The molecule has 0 saturated heterocycles. The molecular formula is C15H19ClN4O3S. The van der Waals surface area contributed by atoms with Gasteiger partial charge in [0.25, 0.3) is 5.91 Å². The van der Waals surface area contributed by atoms with Crippen LogP contribution in [0.2, 0.25) is 5.02 Å². The summed E-state index contributed by atoms with van der Waals surface area (Å²) in [5.41, 5.74) is 1.45. The largest absolute Gasteiger partial charge is 0.351 e. The topological polar surface area (TPSA) is 93.9 Å². The number of benzene rings is 1. The number of amides is 1. The van der Waals surface area contributed by atoms with Gasteiger partial charge in [0.2, 0.25) is 0 Å². The Morgan fingerprint density at radius 1 is 1.29 bits per heavy atom. The molecule has 1 aromatic heterocycles. The fourth-order valence-corrected chi connectivity index (χ4v) is 3.11. The van der Waals surface area contributed by atoms with Crippen LogP contribution in [0.5, 0.6) is 0 Å². The highest BCUT2D eigenvalue weighted by molar-refractivity contribution is 7.90. The van der Waals surface area contributed by atoms with Crippen molar-refractivity contribution in [1.29, 1.82) is 0 Å². The lowest BCUT2D eigenvalue weighted by molar-refractivity contribution is 0.0947. The van der Waals surface area contributed by atoms with Gasteiger partial charge in [-0.3, -0.25) is 4.79 Å². The second-order valence-electron chi connectivity index (χ2n) is 5.48. The van der Waals surface area contributed by atoms with E-state index in [1.165, 1.54) is 10.9 Å². The molecule has 0 aliphatic heterocycles. The molecule has 0 bridgehead atoms. The molecule has 0 radical (unpaired) electrons. The monoisotopic (exact) mass is 370 g/mol. The van der Waals surface area contributed by atoms with Crippen molar-refractivity contribution in [3.05, 3.63) is 40.7 Å². The lowest BCUT2D eigenvalue weighted by Crippen LogP contribution is -2.26. The molecule has 0 spiro atoms. The third-order valence-corrected chi connectivity index (χ3v) is 4.77. The number of aromatic nitrogens is 3. The van der Waals surface area contributed by atoms with Crippen LogP contribution in [-0.4, -0.2) is 47.9 Å². The smallest absolute Gasteiger partial charge is 0.273 e. The SMILES string of the molecule is Cc1c(C(=O)NCCCCS(C)(=O)=O)nnn1-c1ccccc1Cl. The molecule has 0 unspecified atom stereocenters. The van der Waals surface area contributed by atoms with E-state index < -0.39 is 9.84 Å². The van der Waals surface area contributed by atoms with E-state index in [1.807, 2.05) is 12.1 Å². The molecule has 0 aliphatic rings. The molecule has 1 aromatic carbocycles. The number of halogens is 1. The second-order valence-corrected chi connectivity index (χ2v) is 8.15. The maximum Gasteiger partial charge on any atom is 0.273 e. The van der Waals surface area contributed by atoms with Crippen molar-refractivity contribution in [3.8, 4) is 5.69 Å². The van der Waals surface area contributed by atoms with Crippen LogP contribution in [0.3, 0.4) is 0 Å². The van der Waals surface area contributed by atoms with Gasteiger partial charge in [-0.25, -0.2) is 13.1 Å². The maximum atomic E-state index is 12.2. The molecule has 7 nitrogen and oxygen atoms in total. The van der Waals surface area contributed by atoms with E-state index in [1.54, 1.807) is 19.1 Å². The molecule has 24 heavy (non-hydrogen) atoms. The van der Waals surface area contributed by atoms with Gasteiger partial charge in [-0.15, -0.1) is 5.10 Å². The summed E-state index contributed by atoms with van der Waals surface area (Å²) >= 11 is 6.14. The summed E-state index contributed by atoms with van der Waals surface area (Å²) in [4.78, 5) is 12.2. The summed E-state index contributed by atoms with van der Waals surface area (Å²) in [6.07, 6.45) is 2.28. The summed E-state index contributed by atoms with van der Waals surface area (Å²) in [6.45, 7) is 2.12. The standard InChI is InChI=1S/C15H19ClN4O3S/c1-11-14(15(21)17-9-5-6-10-24(2,22)23)18-19-20(11)13-8-4-3-7-12(13)16/h3-4,7-8H,5-6,9-10H2,1-2H3,(H,17,21). The zero-order valence-corrected chi connectivity index (χ0v) is 15.1. The Kier molecular flexibility index (Phi) is 5.95. The lowest BCUT2D eigenvalue weighted by Gasteiger charge is -2.06. The maximum absolute atomic E-state index is 12.2. The zero-order chi connectivity index (χ0) is 17.7. The Morgan fingerprint density at radius 3 is 2.67 bits per heavy atom. The molecule has 130 valence electrons. The molecule has 1 heterocycles. The summed E-state index contributed by atoms with van der Waals surface area (Å²) < 4.78 is 23.6. The van der Waals surface area contributed by atoms with Crippen LogP contribution < -0.4 is 5.32 Å². The summed E-state index contributed by atoms with van der Waals surface area (Å²) in [7, 11) is -2.97. The van der Waals surface area contributed by atoms with Crippen molar-refractivity contribution in [2.24, 2.45) is 0 Å². The normalized spacial score (nSPS) is 11.5. The lowest BCUT2D eigenvalue weighted by atomic mass is 10.2. The number of sulfone groups is 1. The Labute approximate surface area is 145 Å². The number of para-hydroxylation sites is 1. The number of hydrogen-bond donors (Lipinski definition) is 1. The second kappa shape index (κ2) is 7.76. The van der Waals surface area contributed by atoms with E-state index in [0.717, 1.165) is 0 Å². The van der Waals surface area contributed by atoms with Crippen molar-refractivity contribution in [1.82, 2.24) is 20.3 Å². The molecule has 9 heteroatoms. The predicted octanol–water partition coefficient (Wildman–Crippen LogP) is 1.78. The van der Waals surface area contributed by atoms with E-state index in [4.69, 9.17) is 11.6 Å². The molecule has 1 amide bonds. The van der Waals surface area contributed by atoms with E-state index >= 15 is 0 Å². The minimum Gasteiger partial charge on any atom is -0.351 e. The number of carbonyl (C=O) groups excluding carboxylic acids is 1. The Morgan fingerprint density at radius 2 is 2.00 bits per heavy atom. The minimum absolute atomic E-state index is 0.116. The zero-order valence-electron chi connectivity index (χ0n) is 13.5. The highest BCUT2D eigenvalue weighted by atomic mass is 35.5. The average Bonchev–Trinajstić information content (AvgIpc) is 2.88. The van der Waals surface area contributed by atoms with E-state index in [0.29, 0.717) is 35.8 Å². The molecular weight excluding hydrogens is 352 g/mol. The first kappa shape index (κ1) is 18.4. The van der Waals surface area contributed by atoms with Crippen molar-refractivity contribution >= 4 is 27.3 Å². The quantitative estimate of drug-likeness (QED) is 0.750. The van der Waals surface area contributed by atoms with E-state index in [-0.39, 0.29) is 17.4 Å². The third kappa shape index (κ3) is 4.78. The van der Waals surface area contributed by atoms with Crippen LogP contribution in [-0.2, 0) is 9.84 Å². The fraction of sp³-hybridized carbons (Fsp3) is 0.400.